The van der Waals surface area contributed by atoms with Gasteiger partial charge in [-0.1, -0.05) is 48.5 Å². The van der Waals surface area contributed by atoms with E-state index in [1.54, 1.807) is 0 Å². The average Bonchev–Trinajstić information content (AvgIpc) is 2.21. The van der Waals surface area contributed by atoms with Crippen molar-refractivity contribution in [1.29, 1.82) is 0 Å². The average molecular weight is 305 g/mol. The normalized spacial score (nSPS) is 9.67. The van der Waals surface area contributed by atoms with Gasteiger partial charge in [0.25, 0.3) is 5.97 Å². The van der Waals surface area contributed by atoms with Crippen molar-refractivity contribution in [3.8, 4) is 0 Å². The number of hydrogen-bond acceptors (Lipinski definition) is 3. The van der Waals surface area contributed by atoms with Crippen LogP contribution in [-0.2, 0) is 14.4 Å². The van der Waals surface area contributed by atoms with Crippen molar-refractivity contribution in [3.63, 3.8) is 0 Å². The molecule has 0 aliphatic carbocycles. The monoisotopic (exact) mass is 305 g/mol. The van der Waals surface area contributed by atoms with Crippen molar-refractivity contribution in [2.24, 2.45) is 17.8 Å². The van der Waals surface area contributed by atoms with E-state index < -0.39 is 5.97 Å². The molecule has 0 heterocycles. The molecule has 5 heteroatoms. The fraction of sp³-hybridized carbons (Fsp3) is 0.875. The van der Waals surface area contributed by atoms with Crippen molar-refractivity contribution in [2.45, 2.75) is 68.2 Å². The molecule has 1 amide bonds. The second-order valence-electron chi connectivity index (χ2n) is 6.41. The number of rotatable bonds is 6. The highest BCUT2D eigenvalue weighted by atomic mass is 16.6. The Morgan fingerprint density at radius 1 is 1.00 bits per heavy atom. The number of carbonyl (C=O) groups is 2. The molecule has 0 aromatic heterocycles. The summed E-state index contributed by atoms with van der Waals surface area (Å²) in [4.78, 5) is 25.1. The summed E-state index contributed by atoms with van der Waals surface area (Å²) in [5.41, 5.74) is 2.43. The van der Waals surface area contributed by atoms with Crippen molar-refractivity contribution < 1.29 is 19.5 Å². The topological polar surface area (TPSA) is 75.6 Å². The van der Waals surface area contributed by atoms with E-state index in [0.717, 1.165) is 19.3 Å². The van der Waals surface area contributed by atoms with Gasteiger partial charge in [0, 0.05) is 13.3 Å². The minimum Gasteiger partial charge on any atom is -0.481 e. The second-order valence-corrected chi connectivity index (χ2v) is 6.41. The third-order valence-electron chi connectivity index (χ3n) is 1.58. The van der Waals surface area contributed by atoms with Crippen molar-refractivity contribution >= 4 is 11.9 Å². The van der Waals surface area contributed by atoms with Crippen LogP contribution in [0.1, 0.15) is 68.2 Å². The van der Waals surface area contributed by atoms with Gasteiger partial charge in [0.2, 0.25) is 5.91 Å². The smallest absolute Gasteiger partial charge is 0.300 e. The summed E-state index contributed by atoms with van der Waals surface area (Å²) in [6.45, 7) is 16.4. The maximum atomic E-state index is 11.1. The third kappa shape index (κ3) is 55.1. The molecule has 0 saturated carbocycles. The number of carboxylic acid groups (broad SMARTS) is 1. The number of amides is 1. The van der Waals surface area contributed by atoms with Gasteiger partial charge >= 0.3 is 0 Å². The summed E-state index contributed by atoms with van der Waals surface area (Å²) in [7, 11) is 0. The largest absolute Gasteiger partial charge is 0.481 e. The Bertz CT molecular complexity index is 244. The van der Waals surface area contributed by atoms with E-state index in [0.29, 0.717) is 24.9 Å². The van der Waals surface area contributed by atoms with E-state index in [1.165, 1.54) is 0 Å². The van der Waals surface area contributed by atoms with Crippen LogP contribution in [-0.4, -0.2) is 23.6 Å². The molecule has 0 atom stereocenters. The SMILES string of the molecule is CC(=O)O.CC(C)C.CC(C)CCONC(=O)CC(C)C. The van der Waals surface area contributed by atoms with Crippen LogP contribution in [0.4, 0.5) is 0 Å². The molecule has 0 aromatic carbocycles. The molecule has 0 spiro atoms. The molecule has 2 N–H and O–H groups in total. The minimum atomic E-state index is -0.833. The Labute approximate surface area is 130 Å². The number of carboxylic acids is 1. The zero-order chi connectivity index (χ0) is 17.4. The van der Waals surface area contributed by atoms with Gasteiger partial charge in [0.05, 0.1) is 6.61 Å². The fourth-order valence-corrected chi connectivity index (χ4v) is 0.839. The van der Waals surface area contributed by atoms with Crippen LogP contribution >= 0.6 is 0 Å². The molecular weight excluding hydrogens is 270 g/mol. The van der Waals surface area contributed by atoms with Gasteiger partial charge in [0.1, 0.15) is 0 Å². The van der Waals surface area contributed by atoms with E-state index >= 15 is 0 Å². The number of hydrogen-bond donors (Lipinski definition) is 2. The summed E-state index contributed by atoms with van der Waals surface area (Å²) in [5.74, 6) is 0.967. The lowest BCUT2D eigenvalue weighted by atomic mass is 10.1. The van der Waals surface area contributed by atoms with E-state index in [9.17, 15) is 4.79 Å². The highest BCUT2D eigenvalue weighted by Gasteiger charge is 2.03. The molecule has 0 saturated heterocycles. The standard InChI is InChI=1S/C10H21NO2.C4H10.C2H4O2/c1-8(2)5-6-13-11-10(12)7-9(3)4;1-4(2)3;1-2(3)4/h8-9H,5-7H2,1-4H3,(H,11,12);4H,1-3H3;1H3,(H,3,4). The van der Waals surface area contributed by atoms with Gasteiger partial charge in [-0.05, 0) is 24.2 Å². The molecule has 0 aliphatic rings. The summed E-state index contributed by atoms with van der Waals surface area (Å²) >= 11 is 0. The minimum absolute atomic E-state index is 0.0289. The van der Waals surface area contributed by atoms with Crippen LogP contribution in [0.2, 0.25) is 0 Å². The first kappa shape index (κ1) is 24.9. The molecule has 128 valence electrons. The molecule has 0 bridgehead atoms. The summed E-state index contributed by atoms with van der Waals surface area (Å²) in [6.07, 6.45) is 1.50. The molecule has 5 nitrogen and oxygen atoms in total. The lowest BCUT2D eigenvalue weighted by Gasteiger charge is -2.08. The van der Waals surface area contributed by atoms with E-state index in [2.05, 4.69) is 40.1 Å². The number of aliphatic carboxylic acids is 1. The second kappa shape index (κ2) is 17.0. The molecule has 21 heavy (non-hydrogen) atoms. The van der Waals surface area contributed by atoms with Crippen LogP contribution in [0, 0.1) is 17.8 Å². The first-order valence-electron chi connectivity index (χ1n) is 7.59. The van der Waals surface area contributed by atoms with E-state index in [1.807, 2.05) is 13.8 Å². The van der Waals surface area contributed by atoms with Crippen LogP contribution in [0.25, 0.3) is 0 Å². The zero-order valence-electron chi connectivity index (χ0n) is 15.0. The highest BCUT2D eigenvalue weighted by Crippen LogP contribution is 2.00. The van der Waals surface area contributed by atoms with Gasteiger partial charge in [-0.25, -0.2) is 5.48 Å². The van der Waals surface area contributed by atoms with E-state index in [-0.39, 0.29) is 5.91 Å². The molecule has 0 radical (unpaired) electrons. The van der Waals surface area contributed by atoms with Crippen LogP contribution in [0.3, 0.4) is 0 Å². The fourth-order valence-electron chi connectivity index (χ4n) is 0.839. The molecule has 0 rings (SSSR count). The summed E-state index contributed by atoms with van der Waals surface area (Å²) in [6, 6.07) is 0. The van der Waals surface area contributed by atoms with Gasteiger partial charge in [-0.2, -0.15) is 0 Å². The van der Waals surface area contributed by atoms with Crippen LogP contribution in [0.5, 0.6) is 0 Å². The summed E-state index contributed by atoms with van der Waals surface area (Å²) < 4.78 is 0. The Hall–Kier alpha value is -1.10. The molecule has 0 aliphatic heterocycles. The Morgan fingerprint density at radius 3 is 1.67 bits per heavy atom. The predicted octanol–water partition coefficient (Wildman–Crippen LogP) is 3.88. The summed E-state index contributed by atoms with van der Waals surface area (Å²) in [5, 5.41) is 7.42. The van der Waals surface area contributed by atoms with Crippen LogP contribution in [0.15, 0.2) is 0 Å². The first-order chi connectivity index (χ1) is 9.48. The third-order valence-corrected chi connectivity index (χ3v) is 1.58. The molecule has 0 fully saturated rings. The Balaban J connectivity index is -0.000000334. The number of hydroxylamine groups is 1. The highest BCUT2D eigenvalue weighted by molar-refractivity contribution is 5.74. The lowest BCUT2D eigenvalue weighted by Crippen LogP contribution is -2.25. The van der Waals surface area contributed by atoms with E-state index in [4.69, 9.17) is 14.7 Å². The Kier molecular flexibility index (Phi) is 20.1. The maximum absolute atomic E-state index is 11.1. The first-order valence-corrected chi connectivity index (χ1v) is 7.59. The molecular formula is C16H35NO4. The zero-order valence-corrected chi connectivity index (χ0v) is 15.0. The van der Waals surface area contributed by atoms with Gasteiger partial charge in [-0.3, -0.25) is 14.4 Å². The molecule has 0 unspecified atom stereocenters. The van der Waals surface area contributed by atoms with Crippen molar-refractivity contribution in [1.82, 2.24) is 5.48 Å². The number of nitrogens with one attached hydrogen (secondary N) is 1. The lowest BCUT2D eigenvalue weighted by molar-refractivity contribution is -0.135. The van der Waals surface area contributed by atoms with Gasteiger partial charge in [-0.15, -0.1) is 0 Å². The van der Waals surface area contributed by atoms with Crippen molar-refractivity contribution in [3.05, 3.63) is 0 Å². The number of carbonyl (C=O) groups excluding carboxylic acids is 1. The van der Waals surface area contributed by atoms with Crippen molar-refractivity contribution in [2.75, 3.05) is 6.61 Å². The van der Waals surface area contributed by atoms with Gasteiger partial charge in [0.15, 0.2) is 0 Å². The quantitative estimate of drug-likeness (QED) is 0.577. The Morgan fingerprint density at radius 2 is 1.38 bits per heavy atom. The molecule has 0 aromatic rings. The maximum Gasteiger partial charge on any atom is 0.300 e. The predicted molar refractivity (Wildman–Crippen MR) is 86.8 cm³/mol. The van der Waals surface area contributed by atoms with Gasteiger partial charge < -0.3 is 5.11 Å². The van der Waals surface area contributed by atoms with Crippen LogP contribution < -0.4 is 5.48 Å².